The number of carbonyl (C=O) groups is 1. The number of carbonyl (C=O) groups excluding carboxylic acids is 1. The normalized spacial score (nSPS) is 13.7. The highest BCUT2D eigenvalue weighted by molar-refractivity contribution is 7.80. The van der Waals surface area contributed by atoms with Crippen LogP contribution in [0.2, 0.25) is 5.02 Å². The van der Waals surface area contributed by atoms with Gasteiger partial charge in [-0.05, 0) is 48.6 Å². The molecule has 1 aliphatic heterocycles. The van der Waals surface area contributed by atoms with Gasteiger partial charge in [-0.25, -0.2) is 0 Å². The van der Waals surface area contributed by atoms with E-state index in [-0.39, 0.29) is 11.6 Å². The Kier molecular flexibility index (Phi) is 6.50. The highest BCUT2D eigenvalue weighted by atomic mass is 35.5. The maximum atomic E-state index is 12.3. The van der Waals surface area contributed by atoms with E-state index in [1.807, 2.05) is 9.80 Å². The van der Waals surface area contributed by atoms with Gasteiger partial charge in [-0.2, -0.15) is 0 Å². The second-order valence-corrected chi connectivity index (χ2v) is 7.18. The first kappa shape index (κ1) is 20.8. The van der Waals surface area contributed by atoms with E-state index < -0.39 is 4.92 Å². The summed E-state index contributed by atoms with van der Waals surface area (Å²) in [7, 11) is 1.47. The molecular weight excluding hydrogens is 416 g/mol. The van der Waals surface area contributed by atoms with Crippen molar-refractivity contribution in [2.24, 2.45) is 0 Å². The lowest BCUT2D eigenvalue weighted by Crippen LogP contribution is -2.52. The van der Waals surface area contributed by atoms with Crippen molar-refractivity contribution in [2.45, 2.75) is 0 Å². The van der Waals surface area contributed by atoms with Gasteiger partial charge in [0.1, 0.15) is 11.4 Å². The third-order valence-electron chi connectivity index (χ3n) is 4.61. The number of rotatable bonds is 4. The molecule has 8 nitrogen and oxygen atoms in total. The lowest BCUT2D eigenvalue weighted by Gasteiger charge is -2.37. The summed E-state index contributed by atoms with van der Waals surface area (Å²) in [5, 5.41) is 15.0. The summed E-state index contributed by atoms with van der Waals surface area (Å²) in [4.78, 5) is 27.1. The van der Waals surface area contributed by atoms with Crippen LogP contribution < -0.4 is 15.0 Å². The van der Waals surface area contributed by atoms with Crippen LogP contribution >= 0.6 is 23.8 Å². The van der Waals surface area contributed by atoms with Crippen molar-refractivity contribution in [3.63, 3.8) is 0 Å². The van der Waals surface area contributed by atoms with Crippen LogP contribution in [-0.2, 0) is 0 Å². The summed E-state index contributed by atoms with van der Waals surface area (Å²) in [6, 6.07) is 11.3. The van der Waals surface area contributed by atoms with E-state index in [1.54, 1.807) is 36.4 Å². The molecule has 2 aromatic rings. The van der Waals surface area contributed by atoms with Gasteiger partial charge in [-0.3, -0.25) is 20.2 Å². The van der Waals surface area contributed by atoms with Gasteiger partial charge in [0.2, 0.25) is 0 Å². The van der Waals surface area contributed by atoms with Gasteiger partial charge in [-0.15, -0.1) is 0 Å². The van der Waals surface area contributed by atoms with Crippen molar-refractivity contribution in [1.29, 1.82) is 0 Å². The summed E-state index contributed by atoms with van der Waals surface area (Å²) < 4.78 is 5.08. The lowest BCUT2D eigenvalue weighted by molar-refractivity contribution is -0.384. The fourth-order valence-electron chi connectivity index (χ4n) is 3.04. The molecule has 3 rings (SSSR count). The minimum atomic E-state index is -0.415. The van der Waals surface area contributed by atoms with Gasteiger partial charge in [0.15, 0.2) is 5.11 Å². The number of ether oxygens (including phenoxy) is 1. The number of hydrogen-bond donors (Lipinski definition) is 1. The second-order valence-electron chi connectivity index (χ2n) is 6.35. The number of nitro groups is 1. The smallest absolute Gasteiger partial charge is 0.296 e. The van der Waals surface area contributed by atoms with Gasteiger partial charge >= 0.3 is 0 Å². The molecule has 0 atom stereocenters. The van der Waals surface area contributed by atoms with Gasteiger partial charge in [0.25, 0.3) is 11.6 Å². The highest BCUT2D eigenvalue weighted by Gasteiger charge is 2.25. The molecule has 10 heteroatoms. The summed E-state index contributed by atoms with van der Waals surface area (Å²) in [6.07, 6.45) is 0. The minimum Gasteiger partial charge on any atom is -0.496 e. The van der Waals surface area contributed by atoms with Crippen molar-refractivity contribution >= 4 is 46.2 Å². The van der Waals surface area contributed by atoms with Crippen LogP contribution in [0.3, 0.4) is 0 Å². The van der Waals surface area contributed by atoms with Gasteiger partial charge < -0.3 is 14.5 Å². The Morgan fingerprint density at radius 3 is 2.41 bits per heavy atom. The predicted molar refractivity (Wildman–Crippen MR) is 115 cm³/mol. The zero-order chi connectivity index (χ0) is 21.0. The maximum Gasteiger partial charge on any atom is 0.296 e. The first-order valence-corrected chi connectivity index (χ1v) is 9.61. The minimum absolute atomic E-state index is 0.00332. The summed E-state index contributed by atoms with van der Waals surface area (Å²) in [6.45, 7) is 2.13. The Balaban J connectivity index is 1.61. The first-order chi connectivity index (χ1) is 13.9. The van der Waals surface area contributed by atoms with E-state index in [1.165, 1.54) is 13.2 Å². The average Bonchev–Trinajstić information content (AvgIpc) is 2.73. The molecule has 1 N–H and O–H groups in total. The third-order valence-corrected chi connectivity index (χ3v) is 5.23. The van der Waals surface area contributed by atoms with E-state index >= 15 is 0 Å². The average molecular weight is 435 g/mol. The van der Waals surface area contributed by atoms with Crippen LogP contribution in [0.4, 0.5) is 11.4 Å². The van der Waals surface area contributed by atoms with Crippen molar-refractivity contribution < 1.29 is 14.5 Å². The molecule has 0 unspecified atom stereocenters. The SMILES string of the molecule is COc1ccc(N2CCN(C(=S)NC(=O)c3ccc(Cl)cc3)CC2)c([N+](=O)[O-])c1. The number of benzene rings is 2. The number of halogens is 1. The van der Waals surface area contributed by atoms with E-state index in [9.17, 15) is 14.9 Å². The number of methoxy groups -OCH3 is 1. The molecular formula is C19H19ClN4O4S. The van der Waals surface area contributed by atoms with Gasteiger partial charge in [0.05, 0.1) is 18.1 Å². The molecule has 29 heavy (non-hydrogen) atoms. The molecule has 0 radical (unpaired) electrons. The zero-order valence-corrected chi connectivity index (χ0v) is 17.2. The van der Waals surface area contributed by atoms with Gasteiger partial charge in [-0.1, -0.05) is 11.6 Å². The first-order valence-electron chi connectivity index (χ1n) is 8.82. The largest absolute Gasteiger partial charge is 0.496 e. The maximum absolute atomic E-state index is 12.3. The summed E-state index contributed by atoms with van der Waals surface area (Å²) >= 11 is 11.2. The van der Waals surface area contributed by atoms with Gasteiger partial charge in [0, 0.05) is 36.8 Å². The third kappa shape index (κ3) is 4.93. The molecule has 152 valence electrons. The lowest BCUT2D eigenvalue weighted by atomic mass is 10.2. The van der Waals surface area contributed by atoms with Crippen LogP contribution in [0.15, 0.2) is 42.5 Å². The van der Waals surface area contributed by atoms with Crippen molar-refractivity contribution in [1.82, 2.24) is 10.2 Å². The number of anilines is 1. The Hall–Kier alpha value is -2.91. The van der Waals surface area contributed by atoms with E-state index in [0.29, 0.717) is 53.3 Å². The summed E-state index contributed by atoms with van der Waals surface area (Å²) in [5.74, 6) is 0.130. The molecule has 1 fully saturated rings. The topological polar surface area (TPSA) is 88.0 Å². The Labute approximate surface area is 178 Å². The molecule has 0 spiro atoms. The zero-order valence-electron chi connectivity index (χ0n) is 15.6. The van der Waals surface area contributed by atoms with Crippen LogP contribution in [0.5, 0.6) is 5.75 Å². The number of piperazine rings is 1. The summed E-state index contributed by atoms with van der Waals surface area (Å²) in [5.41, 5.74) is 0.993. The molecule has 1 amide bonds. The standard InChI is InChI=1S/C19H19ClN4O4S/c1-28-15-6-7-16(17(12-15)24(26)27)22-8-10-23(11-9-22)19(29)21-18(25)13-2-4-14(20)5-3-13/h2-7,12H,8-11H2,1H3,(H,21,25,29). The fourth-order valence-corrected chi connectivity index (χ4v) is 3.45. The van der Waals surface area contributed by atoms with Crippen LogP contribution in [0.25, 0.3) is 0 Å². The molecule has 1 heterocycles. The quantitative estimate of drug-likeness (QED) is 0.449. The van der Waals surface area contributed by atoms with Crippen molar-refractivity contribution in [2.75, 3.05) is 38.2 Å². The highest BCUT2D eigenvalue weighted by Crippen LogP contribution is 2.32. The van der Waals surface area contributed by atoms with E-state index in [2.05, 4.69) is 5.32 Å². The molecule has 1 saturated heterocycles. The number of hydrogen-bond acceptors (Lipinski definition) is 6. The molecule has 0 aromatic heterocycles. The Morgan fingerprint density at radius 1 is 1.17 bits per heavy atom. The Bertz CT molecular complexity index is 930. The molecule has 0 bridgehead atoms. The molecule has 0 saturated carbocycles. The van der Waals surface area contributed by atoms with E-state index in [4.69, 9.17) is 28.6 Å². The van der Waals surface area contributed by atoms with Crippen LogP contribution in [0, 0.1) is 10.1 Å². The predicted octanol–water partition coefficient (Wildman–Crippen LogP) is 3.09. The number of nitrogens with zero attached hydrogens (tertiary/aromatic N) is 3. The monoisotopic (exact) mass is 434 g/mol. The molecule has 2 aromatic carbocycles. The fraction of sp³-hybridized carbons (Fsp3) is 0.263. The van der Waals surface area contributed by atoms with Crippen molar-refractivity contribution in [3.05, 3.63) is 63.2 Å². The molecule has 1 aliphatic rings. The number of amides is 1. The number of thiocarbonyl (C=S) groups is 1. The number of nitro benzene ring substituents is 1. The number of nitrogens with one attached hydrogen (secondary N) is 1. The van der Waals surface area contributed by atoms with Crippen LogP contribution in [-0.4, -0.2) is 54.1 Å². The second kappa shape index (κ2) is 9.06. The van der Waals surface area contributed by atoms with E-state index in [0.717, 1.165) is 0 Å². The Morgan fingerprint density at radius 2 is 1.83 bits per heavy atom. The van der Waals surface area contributed by atoms with Crippen molar-refractivity contribution in [3.8, 4) is 5.75 Å². The van der Waals surface area contributed by atoms with Crippen LogP contribution in [0.1, 0.15) is 10.4 Å². The molecule has 0 aliphatic carbocycles.